The lowest BCUT2D eigenvalue weighted by Crippen LogP contribution is -2.09. The Labute approximate surface area is 112 Å². The van der Waals surface area contributed by atoms with E-state index < -0.39 is 0 Å². The van der Waals surface area contributed by atoms with E-state index in [0.717, 1.165) is 23.1 Å². The molecule has 19 heavy (non-hydrogen) atoms. The SMILES string of the molecule is Cc1cc(F)ccc1CCNc1nccc(C)c1N. The van der Waals surface area contributed by atoms with Crippen LogP contribution in [0.5, 0.6) is 0 Å². The molecule has 0 saturated heterocycles. The number of nitrogens with two attached hydrogens (primary N) is 1. The number of hydrogen-bond donors (Lipinski definition) is 2. The van der Waals surface area contributed by atoms with Gasteiger partial charge in [0.2, 0.25) is 0 Å². The topological polar surface area (TPSA) is 50.9 Å². The summed E-state index contributed by atoms with van der Waals surface area (Å²) in [5.74, 6) is 0.513. The van der Waals surface area contributed by atoms with Gasteiger partial charge in [-0.15, -0.1) is 0 Å². The molecular weight excluding hydrogens is 241 g/mol. The zero-order valence-corrected chi connectivity index (χ0v) is 11.2. The summed E-state index contributed by atoms with van der Waals surface area (Å²) in [7, 11) is 0. The molecule has 0 spiro atoms. The number of nitrogen functional groups attached to an aromatic ring is 1. The highest BCUT2D eigenvalue weighted by Gasteiger charge is 2.04. The van der Waals surface area contributed by atoms with Crippen molar-refractivity contribution < 1.29 is 4.39 Å². The second kappa shape index (κ2) is 5.69. The van der Waals surface area contributed by atoms with Crippen LogP contribution in [-0.4, -0.2) is 11.5 Å². The average Bonchev–Trinajstić information content (AvgIpc) is 2.37. The summed E-state index contributed by atoms with van der Waals surface area (Å²) < 4.78 is 13.0. The summed E-state index contributed by atoms with van der Waals surface area (Å²) in [6, 6.07) is 6.74. The minimum atomic E-state index is -0.196. The molecule has 0 atom stereocenters. The Bertz CT molecular complexity index is 582. The van der Waals surface area contributed by atoms with Crippen molar-refractivity contribution in [3.05, 3.63) is 53.0 Å². The van der Waals surface area contributed by atoms with Crippen molar-refractivity contribution in [1.29, 1.82) is 0 Å². The van der Waals surface area contributed by atoms with Gasteiger partial charge in [0.25, 0.3) is 0 Å². The Morgan fingerprint density at radius 2 is 2.00 bits per heavy atom. The molecule has 0 aliphatic carbocycles. The molecule has 4 heteroatoms. The molecule has 3 N–H and O–H groups in total. The molecule has 1 aromatic carbocycles. The van der Waals surface area contributed by atoms with Crippen molar-refractivity contribution in [3.8, 4) is 0 Å². The summed E-state index contributed by atoms with van der Waals surface area (Å²) in [4.78, 5) is 4.21. The number of aromatic nitrogens is 1. The van der Waals surface area contributed by atoms with Gasteiger partial charge in [-0.3, -0.25) is 0 Å². The fourth-order valence-corrected chi connectivity index (χ4v) is 1.97. The summed E-state index contributed by atoms with van der Waals surface area (Å²) in [5.41, 5.74) is 9.72. The smallest absolute Gasteiger partial charge is 0.149 e. The molecule has 1 heterocycles. The highest BCUT2D eigenvalue weighted by molar-refractivity contribution is 5.64. The highest BCUT2D eigenvalue weighted by atomic mass is 19.1. The van der Waals surface area contributed by atoms with Crippen LogP contribution >= 0.6 is 0 Å². The van der Waals surface area contributed by atoms with Crippen LogP contribution in [0.3, 0.4) is 0 Å². The van der Waals surface area contributed by atoms with E-state index in [-0.39, 0.29) is 5.82 Å². The van der Waals surface area contributed by atoms with Crippen LogP contribution in [0.2, 0.25) is 0 Å². The minimum Gasteiger partial charge on any atom is -0.396 e. The van der Waals surface area contributed by atoms with E-state index in [1.807, 2.05) is 26.0 Å². The second-order valence-electron chi connectivity index (χ2n) is 4.64. The Morgan fingerprint density at radius 1 is 1.21 bits per heavy atom. The van der Waals surface area contributed by atoms with Crippen molar-refractivity contribution >= 4 is 11.5 Å². The zero-order chi connectivity index (χ0) is 13.8. The van der Waals surface area contributed by atoms with Crippen LogP contribution in [0.25, 0.3) is 0 Å². The van der Waals surface area contributed by atoms with Crippen molar-refractivity contribution in [2.45, 2.75) is 20.3 Å². The van der Waals surface area contributed by atoms with E-state index in [2.05, 4.69) is 10.3 Å². The number of nitrogens with one attached hydrogen (secondary N) is 1. The number of halogens is 1. The molecule has 2 rings (SSSR count). The maximum atomic E-state index is 13.0. The predicted molar refractivity (Wildman–Crippen MR) is 76.7 cm³/mol. The molecule has 0 aliphatic heterocycles. The Morgan fingerprint density at radius 3 is 2.74 bits per heavy atom. The number of pyridine rings is 1. The molecule has 2 aromatic rings. The number of anilines is 2. The molecule has 0 bridgehead atoms. The first-order valence-electron chi connectivity index (χ1n) is 6.28. The van der Waals surface area contributed by atoms with Crippen LogP contribution in [-0.2, 0) is 6.42 Å². The van der Waals surface area contributed by atoms with Gasteiger partial charge in [0, 0.05) is 12.7 Å². The molecular formula is C15H18FN3. The van der Waals surface area contributed by atoms with Gasteiger partial charge < -0.3 is 11.1 Å². The lowest BCUT2D eigenvalue weighted by Gasteiger charge is -2.11. The standard InChI is InChI=1S/C15H18FN3/c1-10-5-7-18-15(14(10)17)19-8-6-12-3-4-13(16)9-11(12)2/h3-5,7,9H,6,8,17H2,1-2H3,(H,18,19). The lowest BCUT2D eigenvalue weighted by atomic mass is 10.1. The second-order valence-corrected chi connectivity index (χ2v) is 4.64. The third kappa shape index (κ3) is 3.22. The van der Waals surface area contributed by atoms with E-state index in [0.29, 0.717) is 18.1 Å². The maximum Gasteiger partial charge on any atom is 0.149 e. The van der Waals surface area contributed by atoms with Crippen LogP contribution in [0.4, 0.5) is 15.9 Å². The average molecular weight is 259 g/mol. The van der Waals surface area contributed by atoms with Gasteiger partial charge in [0.15, 0.2) is 0 Å². The van der Waals surface area contributed by atoms with E-state index >= 15 is 0 Å². The van der Waals surface area contributed by atoms with Gasteiger partial charge in [-0.1, -0.05) is 6.07 Å². The molecule has 0 radical (unpaired) electrons. The molecule has 100 valence electrons. The quantitative estimate of drug-likeness (QED) is 0.887. The van der Waals surface area contributed by atoms with Crippen molar-refractivity contribution in [1.82, 2.24) is 4.98 Å². The Kier molecular flexibility index (Phi) is 4.00. The zero-order valence-electron chi connectivity index (χ0n) is 11.2. The predicted octanol–water partition coefficient (Wildman–Crippen LogP) is 3.07. The molecule has 1 aromatic heterocycles. The van der Waals surface area contributed by atoms with Gasteiger partial charge in [-0.05, 0) is 55.2 Å². The van der Waals surface area contributed by atoms with Crippen LogP contribution in [0.1, 0.15) is 16.7 Å². The van der Waals surface area contributed by atoms with E-state index in [9.17, 15) is 4.39 Å². The number of rotatable bonds is 4. The Balaban J connectivity index is 1.98. The molecule has 0 saturated carbocycles. The molecule has 0 aliphatic rings. The number of nitrogens with zero attached hydrogens (tertiary/aromatic N) is 1. The first kappa shape index (κ1) is 13.3. The van der Waals surface area contributed by atoms with E-state index in [1.54, 1.807) is 12.3 Å². The molecule has 0 fully saturated rings. The van der Waals surface area contributed by atoms with Crippen LogP contribution in [0.15, 0.2) is 30.5 Å². The number of benzene rings is 1. The van der Waals surface area contributed by atoms with E-state index in [4.69, 9.17) is 5.73 Å². The highest BCUT2D eigenvalue weighted by Crippen LogP contribution is 2.19. The fraction of sp³-hybridized carbons (Fsp3) is 0.267. The third-order valence-corrected chi connectivity index (χ3v) is 3.20. The monoisotopic (exact) mass is 259 g/mol. The Hall–Kier alpha value is -2.10. The lowest BCUT2D eigenvalue weighted by molar-refractivity contribution is 0.625. The van der Waals surface area contributed by atoms with Crippen LogP contribution < -0.4 is 11.1 Å². The van der Waals surface area contributed by atoms with Crippen LogP contribution in [0, 0.1) is 19.7 Å². The first-order valence-corrected chi connectivity index (χ1v) is 6.28. The van der Waals surface area contributed by atoms with Gasteiger partial charge in [-0.25, -0.2) is 9.37 Å². The number of aryl methyl sites for hydroxylation is 2. The largest absolute Gasteiger partial charge is 0.396 e. The maximum absolute atomic E-state index is 13.0. The van der Waals surface area contributed by atoms with Gasteiger partial charge in [0.05, 0.1) is 5.69 Å². The molecule has 3 nitrogen and oxygen atoms in total. The third-order valence-electron chi connectivity index (χ3n) is 3.20. The summed E-state index contributed by atoms with van der Waals surface area (Å²) in [6.45, 7) is 4.58. The summed E-state index contributed by atoms with van der Waals surface area (Å²) >= 11 is 0. The normalized spacial score (nSPS) is 10.5. The van der Waals surface area contributed by atoms with Gasteiger partial charge in [0.1, 0.15) is 11.6 Å². The van der Waals surface area contributed by atoms with Crippen molar-refractivity contribution in [2.75, 3.05) is 17.6 Å². The molecule has 0 amide bonds. The summed E-state index contributed by atoms with van der Waals surface area (Å²) in [6.07, 6.45) is 2.54. The number of hydrogen-bond acceptors (Lipinski definition) is 3. The first-order chi connectivity index (χ1) is 9.08. The van der Waals surface area contributed by atoms with Crippen molar-refractivity contribution in [2.24, 2.45) is 0 Å². The summed E-state index contributed by atoms with van der Waals surface area (Å²) in [5, 5.41) is 3.21. The minimum absolute atomic E-state index is 0.196. The van der Waals surface area contributed by atoms with Crippen molar-refractivity contribution in [3.63, 3.8) is 0 Å². The van der Waals surface area contributed by atoms with Gasteiger partial charge >= 0.3 is 0 Å². The van der Waals surface area contributed by atoms with Gasteiger partial charge in [-0.2, -0.15) is 0 Å². The molecule has 0 unspecified atom stereocenters. The van der Waals surface area contributed by atoms with E-state index in [1.165, 1.54) is 6.07 Å². The fourth-order valence-electron chi connectivity index (χ4n) is 1.97.